The molecule has 17 heavy (non-hydrogen) atoms. The van der Waals surface area contributed by atoms with Crippen LogP contribution in [0, 0.1) is 24.6 Å². The van der Waals surface area contributed by atoms with E-state index in [2.05, 4.69) is 43.7 Å². The number of benzene rings is 1. The molecule has 0 aliphatic heterocycles. The lowest BCUT2D eigenvalue weighted by atomic mass is 10.0. The van der Waals surface area contributed by atoms with Gasteiger partial charge < -0.3 is 0 Å². The Hall–Kier alpha value is -0.590. The first-order chi connectivity index (χ1) is 8.17. The second-order valence-corrected chi connectivity index (χ2v) is 4.77. The molecule has 0 saturated carbocycles. The minimum absolute atomic E-state index is 0.155. The summed E-state index contributed by atoms with van der Waals surface area (Å²) in [5.41, 5.74) is 2.97. The van der Waals surface area contributed by atoms with Crippen LogP contribution < -0.4 is 0 Å². The van der Waals surface area contributed by atoms with E-state index in [9.17, 15) is 4.39 Å². The first-order valence-electron chi connectivity index (χ1n) is 5.20. The van der Waals surface area contributed by atoms with E-state index in [0.29, 0.717) is 10.9 Å². The summed E-state index contributed by atoms with van der Waals surface area (Å²) in [5.74, 6) is 5.74. The van der Waals surface area contributed by atoms with Crippen molar-refractivity contribution in [3.8, 4) is 11.8 Å². The second kappa shape index (κ2) is 7.68. The van der Waals surface area contributed by atoms with Gasteiger partial charge in [-0.3, -0.25) is 0 Å². The highest BCUT2D eigenvalue weighted by molar-refractivity contribution is 9.09. The summed E-state index contributed by atoms with van der Waals surface area (Å²) in [4.78, 5) is 0. The van der Waals surface area contributed by atoms with Gasteiger partial charge in [0, 0.05) is 5.33 Å². The lowest BCUT2D eigenvalue weighted by Crippen LogP contribution is -1.94. The van der Waals surface area contributed by atoms with Crippen LogP contribution in [-0.4, -0.2) is 10.7 Å². The third-order valence-electron chi connectivity index (χ3n) is 2.27. The number of alkyl halides is 2. The van der Waals surface area contributed by atoms with Crippen LogP contribution in [0.2, 0.25) is 0 Å². The van der Waals surface area contributed by atoms with Crippen LogP contribution in [0.25, 0.3) is 0 Å². The minimum atomic E-state index is -0.155. The van der Waals surface area contributed by atoms with Crippen LogP contribution in [0.3, 0.4) is 0 Å². The molecule has 0 N–H and O–H groups in total. The Morgan fingerprint density at radius 3 is 2.76 bits per heavy atom. The number of allylic oxidation sites excluding steroid dienone is 2. The Bertz CT molecular complexity index is 467. The fourth-order valence-corrected chi connectivity index (χ4v) is 1.93. The van der Waals surface area contributed by atoms with Crippen molar-refractivity contribution in [2.75, 3.05) is 10.7 Å². The molecule has 0 unspecified atom stereocenters. The maximum atomic E-state index is 13.1. The lowest BCUT2D eigenvalue weighted by molar-refractivity contribution is 0.617. The predicted molar refractivity (Wildman–Crippen MR) is 78.3 cm³/mol. The van der Waals surface area contributed by atoms with Crippen molar-refractivity contribution in [3.05, 3.63) is 46.8 Å². The molecule has 0 amide bonds. The van der Waals surface area contributed by atoms with Crippen molar-refractivity contribution in [2.45, 2.75) is 13.3 Å². The highest BCUT2D eigenvalue weighted by Crippen LogP contribution is 2.14. The van der Waals surface area contributed by atoms with Gasteiger partial charge in [0.25, 0.3) is 0 Å². The van der Waals surface area contributed by atoms with Gasteiger partial charge in [-0.25, -0.2) is 4.39 Å². The fourth-order valence-electron chi connectivity index (χ4n) is 1.41. The van der Waals surface area contributed by atoms with E-state index in [1.807, 2.05) is 18.2 Å². The number of hydrogen-bond donors (Lipinski definition) is 0. The van der Waals surface area contributed by atoms with Crippen LogP contribution in [0.1, 0.15) is 11.1 Å². The molecule has 0 aliphatic carbocycles. The molecular formula is C14H13Br2F. The smallest absolute Gasteiger partial charge is 0.126 e. The van der Waals surface area contributed by atoms with Crippen LogP contribution in [0.15, 0.2) is 29.8 Å². The summed E-state index contributed by atoms with van der Waals surface area (Å²) in [5, 5.41) is 1.45. The van der Waals surface area contributed by atoms with E-state index in [-0.39, 0.29) is 5.82 Å². The molecule has 0 aliphatic rings. The maximum Gasteiger partial charge on any atom is 0.126 e. The van der Waals surface area contributed by atoms with E-state index in [0.717, 1.165) is 17.3 Å². The van der Waals surface area contributed by atoms with Crippen molar-refractivity contribution in [3.63, 3.8) is 0 Å². The summed E-state index contributed by atoms with van der Waals surface area (Å²) < 4.78 is 13.1. The van der Waals surface area contributed by atoms with Gasteiger partial charge in [-0.15, -0.1) is 0 Å². The zero-order valence-electron chi connectivity index (χ0n) is 9.56. The largest absolute Gasteiger partial charge is 0.207 e. The first-order valence-corrected chi connectivity index (χ1v) is 7.45. The molecule has 0 saturated heterocycles. The van der Waals surface area contributed by atoms with Crippen LogP contribution >= 0.6 is 31.9 Å². The van der Waals surface area contributed by atoms with Gasteiger partial charge >= 0.3 is 0 Å². The molecule has 0 bridgehead atoms. The van der Waals surface area contributed by atoms with Crippen molar-refractivity contribution in [1.82, 2.24) is 0 Å². The monoisotopic (exact) mass is 358 g/mol. The quantitative estimate of drug-likeness (QED) is 0.554. The molecule has 3 heteroatoms. The van der Waals surface area contributed by atoms with Gasteiger partial charge in [-0.2, -0.15) is 0 Å². The van der Waals surface area contributed by atoms with Gasteiger partial charge in [0.05, 0.1) is 5.33 Å². The first kappa shape index (κ1) is 14.5. The van der Waals surface area contributed by atoms with Gasteiger partial charge in [0.2, 0.25) is 0 Å². The van der Waals surface area contributed by atoms with Gasteiger partial charge in [-0.1, -0.05) is 55.8 Å². The Morgan fingerprint density at radius 2 is 2.18 bits per heavy atom. The van der Waals surface area contributed by atoms with Crippen molar-refractivity contribution in [1.29, 1.82) is 0 Å². The zero-order chi connectivity index (χ0) is 12.7. The topological polar surface area (TPSA) is 0 Å². The summed E-state index contributed by atoms with van der Waals surface area (Å²) in [6.45, 7) is 1.78. The average Bonchev–Trinajstić information content (AvgIpc) is 2.32. The SMILES string of the molecule is Cc1cc(C/C(=C\C#CCBr)CBr)ccc1F. The molecule has 0 fully saturated rings. The Labute approximate surface area is 119 Å². The van der Waals surface area contributed by atoms with Crippen molar-refractivity contribution < 1.29 is 4.39 Å². The number of aryl methyl sites for hydroxylation is 1. The Morgan fingerprint density at radius 1 is 1.41 bits per heavy atom. The molecule has 0 atom stereocenters. The predicted octanol–water partition coefficient (Wildman–Crippen LogP) is 4.40. The fraction of sp³-hybridized carbons (Fsp3) is 0.286. The normalized spacial score (nSPS) is 10.9. The summed E-state index contributed by atoms with van der Waals surface area (Å²) in [6.07, 6.45) is 2.71. The number of hydrogen-bond acceptors (Lipinski definition) is 0. The molecule has 0 nitrogen and oxygen atoms in total. The summed E-state index contributed by atoms with van der Waals surface area (Å²) >= 11 is 6.69. The molecule has 1 aromatic rings. The Balaban J connectivity index is 2.80. The maximum absolute atomic E-state index is 13.1. The van der Waals surface area contributed by atoms with E-state index in [1.165, 1.54) is 11.6 Å². The van der Waals surface area contributed by atoms with Crippen molar-refractivity contribution in [2.24, 2.45) is 0 Å². The third kappa shape index (κ3) is 5.06. The average molecular weight is 360 g/mol. The summed E-state index contributed by atoms with van der Waals surface area (Å²) in [6, 6.07) is 5.21. The zero-order valence-corrected chi connectivity index (χ0v) is 12.7. The minimum Gasteiger partial charge on any atom is -0.207 e. The van der Waals surface area contributed by atoms with Crippen LogP contribution in [0.4, 0.5) is 4.39 Å². The van der Waals surface area contributed by atoms with E-state index < -0.39 is 0 Å². The number of halogens is 3. The highest BCUT2D eigenvalue weighted by atomic mass is 79.9. The van der Waals surface area contributed by atoms with E-state index in [1.54, 1.807) is 6.92 Å². The molecule has 1 aromatic carbocycles. The van der Waals surface area contributed by atoms with Crippen LogP contribution in [0.5, 0.6) is 0 Å². The van der Waals surface area contributed by atoms with E-state index in [4.69, 9.17) is 0 Å². The van der Waals surface area contributed by atoms with E-state index >= 15 is 0 Å². The number of rotatable bonds is 3. The van der Waals surface area contributed by atoms with Gasteiger partial charge in [0.1, 0.15) is 5.82 Å². The molecule has 0 heterocycles. The second-order valence-electron chi connectivity index (χ2n) is 3.65. The third-order valence-corrected chi connectivity index (χ3v) is 3.27. The molecule has 0 radical (unpaired) electrons. The van der Waals surface area contributed by atoms with Gasteiger partial charge in [-0.05, 0) is 42.2 Å². The van der Waals surface area contributed by atoms with Crippen LogP contribution in [-0.2, 0) is 6.42 Å². The highest BCUT2D eigenvalue weighted by Gasteiger charge is 2.01. The Kier molecular flexibility index (Phi) is 6.54. The molecule has 1 rings (SSSR count). The molecule has 0 aromatic heterocycles. The standard InChI is InChI=1S/C14H13Br2F/c1-11-8-12(5-6-14(11)17)9-13(10-16)4-2-3-7-15/h4-6,8H,7,9-10H2,1H3/b13-4+. The molecule has 90 valence electrons. The lowest BCUT2D eigenvalue weighted by Gasteiger charge is -2.04. The van der Waals surface area contributed by atoms with Crippen molar-refractivity contribution >= 4 is 31.9 Å². The summed E-state index contributed by atoms with van der Waals surface area (Å²) in [7, 11) is 0. The molecular weight excluding hydrogens is 347 g/mol. The molecule has 0 spiro atoms. The van der Waals surface area contributed by atoms with Gasteiger partial charge in [0.15, 0.2) is 0 Å².